The van der Waals surface area contributed by atoms with Crippen molar-refractivity contribution in [3.8, 4) is 23.0 Å². The van der Waals surface area contributed by atoms with E-state index in [2.05, 4.69) is 20.1 Å². The average Bonchev–Trinajstić information content (AvgIpc) is 3.06. The van der Waals surface area contributed by atoms with Gasteiger partial charge in [-0.25, -0.2) is 19.0 Å². The van der Waals surface area contributed by atoms with Crippen LogP contribution in [-0.4, -0.2) is 31.8 Å². The van der Waals surface area contributed by atoms with Crippen LogP contribution in [0.3, 0.4) is 0 Å². The van der Waals surface area contributed by atoms with E-state index >= 15 is 0 Å². The Labute approximate surface area is 155 Å². The number of alkyl halides is 3. The minimum absolute atomic E-state index is 0.0202. The molecule has 0 aliphatic carbocycles. The lowest BCUT2D eigenvalue weighted by Gasteiger charge is -2.07. The molecular weight excluding hydrogens is 378 g/mol. The highest BCUT2D eigenvalue weighted by molar-refractivity contribution is 5.91. The number of ether oxygens (including phenoxy) is 1. The van der Waals surface area contributed by atoms with Crippen molar-refractivity contribution in [3.05, 3.63) is 60.3 Å². The molecule has 0 amide bonds. The number of nitrogens with zero attached hydrogens (tertiary/aromatic N) is 5. The molecular formula is C18H11F4N5O. The summed E-state index contributed by atoms with van der Waals surface area (Å²) in [5, 5.41) is 4.22. The van der Waals surface area contributed by atoms with E-state index in [9.17, 15) is 17.6 Å². The molecule has 4 rings (SSSR count). The van der Waals surface area contributed by atoms with E-state index in [4.69, 9.17) is 4.74 Å². The van der Waals surface area contributed by atoms with Crippen molar-refractivity contribution in [1.82, 2.24) is 24.7 Å². The molecule has 0 aliphatic heterocycles. The second kappa shape index (κ2) is 6.55. The Morgan fingerprint density at radius 1 is 0.964 bits per heavy atom. The lowest BCUT2D eigenvalue weighted by Crippen LogP contribution is -2.05. The average molecular weight is 389 g/mol. The van der Waals surface area contributed by atoms with Gasteiger partial charge in [-0.1, -0.05) is 0 Å². The Hall–Kier alpha value is -3.56. The van der Waals surface area contributed by atoms with Gasteiger partial charge in [0.2, 0.25) is 5.88 Å². The molecule has 4 aromatic rings. The number of hydrogen-bond donors (Lipinski definition) is 0. The summed E-state index contributed by atoms with van der Waals surface area (Å²) in [4.78, 5) is 12.0. The first kappa shape index (κ1) is 17.8. The minimum atomic E-state index is -4.55. The molecule has 28 heavy (non-hydrogen) atoms. The number of halogens is 4. The van der Waals surface area contributed by atoms with Crippen LogP contribution in [0, 0.1) is 5.82 Å². The lowest BCUT2D eigenvalue weighted by atomic mass is 10.1. The summed E-state index contributed by atoms with van der Waals surface area (Å²) >= 11 is 0. The maximum Gasteiger partial charge on any atom is 0.417 e. The van der Waals surface area contributed by atoms with Gasteiger partial charge in [0.25, 0.3) is 0 Å². The van der Waals surface area contributed by atoms with Gasteiger partial charge in [-0.15, -0.1) is 0 Å². The van der Waals surface area contributed by atoms with Crippen LogP contribution in [0.4, 0.5) is 17.6 Å². The van der Waals surface area contributed by atoms with E-state index < -0.39 is 17.6 Å². The zero-order valence-corrected chi connectivity index (χ0v) is 14.3. The third-order valence-electron chi connectivity index (χ3n) is 3.99. The molecule has 4 heterocycles. The third kappa shape index (κ3) is 3.13. The number of pyridine rings is 3. The lowest BCUT2D eigenvalue weighted by molar-refractivity contribution is -0.137. The fraction of sp³-hybridized carbons (Fsp3) is 0.111. The maximum atomic E-state index is 13.2. The number of fused-ring (bicyclic) bond motifs is 1. The van der Waals surface area contributed by atoms with Crippen molar-refractivity contribution >= 4 is 11.0 Å². The summed E-state index contributed by atoms with van der Waals surface area (Å²) in [6, 6.07) is 6.72. The molecule has 0 unspecified atom stereocenters. The highest BCUT2D eigenvalue weighted by atomic mass is 19.4. The molecule has 10 heteroatoms. The minimum Gasteiger partial charge on any atom is -0.481 e. The van der Waals surface area contributed by atoms with Gasteiger partial charge in [0.05, 0.1) is 18.9 Å². The largest absolute Gasteiger partial charge is 0.481 e. The molecule has 0 aromatic carbocycles. The van der Waals surface area contributed by atoms with Gasteiger partial charge in [-0.3, -0.25) is 4.98 Å². The number of hydrogen-bond acceptors (Lipinski definition) is 5. The predicted octanol–water partition coefficient (Wildman–Crippen LogP) is 4.04. The molecule has 0 radical (unpaired) electrons. The smallest absolute Gasteiger partial charge is 0.417 e. The zero-order valence-electron chi connectivity index (χ0n) is 14.3. The summed E-state index contributed by atoms with van der Waals surface area (Å²) in [7, 11) is 1.46. The summed E-state index contributed by atoms with van der Waals surface area (Å²) in [6.07, 6.45) is -1.34. The van der Waals surface area contributed by atoms with Crippen LogP contribution >= 0.6 is 0 Å². The van der Waals surface area contributed by atoms with Crippen molar-refractivity contribution in [3.63, 3.8) is 0 Å². The van der Waals surface area contributed by atoms with Crippen molar-refractivity contribution in [2.24, 2.45) is 0 Å². The first-order valence-electron chi connectivity index (χ1n) is 7.95. The summed E-state index contributed by atoms with van der Waals surface area (Å²) in [6.45, 7) is 0. The van der Waals surface area contributed by atoms with Gasteiger partial charge < -0.3 is 4.74 Å². The quantitative estimate of drug-likeness (QED) is 0.495. The van der Waals surface area contributed by atoms with Crippen molar-refractivity contribution in [2.45, 2.75) is 6.18 Å². The van der Waals surface area contributed by atoms with Crippen molar-refractivity contribution in [1.29, 1.82) is 0 Å². The Morgan fingerprint density at radius 2 is 1.79 bits per heavy atom. The summed E-state index contributed by atoms with van der Waals surface area (Å²) < 4.78 is 58.7. The molecule has 0 spiro atoms. The SMILES string of the molecule is COc1ccc(-c2c3ncc(C(F)(F)F)cc3nn2-c2ccc(F)cn2)cn1. The highest BCUT2D eigenvalue weighted by Gasteiger charge is 2.32. The standard InChI is InChI=1S/C18H11F4N5O/c1-28-15-5-2-10(7-24-15)17-16-13(6-11(8-25-16)18(20,21)22)26-27(17)14-4-3-12(19)9-23-14/h2-9H,1H3. The fourth-order valence-corrected chi connectivity index (χ4v) is 2.68. The van der Waals surface area contributed by atoms with E-state index in [1.165, 1.54) is 30.1 Å². The molecule has 142 valence electrons. The van der Waals surface area contributed by atoms with Crippen LogP contribution < -0.4 is 4.74 Å². The molecule has 0 saturated heterocycles. The van der Waals surface area contributed by atoms with Gasteiger partial charge in [-0.2, -0.15) is 18.3 Å². The predicted molar refractivity (Wildman–Crippen MR) is 91.4 cm³/mol. The van der Waals surface area contributed by atoms with Crippen LogP contribution in [0.2, 0.25) is 0 Å². The number of rotatable bonds is 3. The number of aromatic nitrogens is 5. The Balaban J connectivity index is 1.98. The molecule has 0 atom stereocenters. The van der Waals surface area contributed by atoms with E-state index in [-0.39, 0.29) is 16.9 Å². The van der Waals surface area contributed by atoms with Crippen LogP contribution in [0.1, 0.15) is 5.56 Å². The van der Waals surface area contributed by atoms with E-state index in [1.54, 1.807) is 12.1 Å². The Morgan fingerprint density at radius 3 is 2.39 bits per heavy atom. The van der Waals surface area contributed by atoms with E-state index in [0.29, 0.717) is 17.1 Å². The molecule has 6 nitrogen and oxygen atoms in total. The molecule has 4 aromatic heterocycles. The second-order valence-corrected chi connectivity index (χ2v) is 5.77. The van der Waals surface area contributed by atoms with E-state index in [1.807, 2.05) is 0 Å². The van der Waals surface area contributed by atoms with Crippen molar-refractivity contribution in [2.75, 3.05) is 7.11 Å². The molecule has 0 aliphatic rings. The van der Waals surface area contributed by atoms with Gasteiger partial charge in [0.15, 0.2) is 5.82 Å². The Bertz CT molecular complexity index is 1140. The van der Waals surface area contributed by atoms with Gasteiger partial charge >= 0.3 is 6.18 Å². The fourth-order valence-electron chi connectivity index (χ4n) is 2.68. The molecule has 0 N–H and O–H groups in total. The topological polar surface area (TPSA) is 65.7 Å². The number of methoxy groups -OCH3 is 1. The zero-order chi connectivity index (χ0) is 19.9. The Kier molecular flexibility index (Phi) is 4.17. The maximum absolute atomic E-state index is 13.2. The van der Waals surface area contributed by atoms with Gasteiger partial charge in [0.1, 0.15) is 22.5 Å². The second-order valence-electron chi connectivity index (χ2n) is 5.77. The first-order valence-corrected chi connectivity index (χ1v) is 7.95. The molecule has 0 fully saturated rings. The van der Waals surface area contributed by atoms with Crippen molar-refractivity contribution < 1.29 is 22.3 Å². The highest BCUT2D eigenvalue weighted by Crippen LogP contribution is 2.34. The van der Waals surface area contributed by atoms with Gasteiger partial charge in [0, 0.05) is 24.0 Å². The van der Waals surface area contributed by atoms with Crippen LogP contribution in [0.5, 0.6) is 5.88 Å². The molecule has 0 saturated carbocycles. The van der Waals surface area contributed by atoms with Gasteiger partial charge in [-0.05, 0) is 24.3 Å². The van der Waals surface area contributed by atoms with Crippen LogP contribution in [0.25, 0.3) is 28.1 Å². The van der Waals surface area contributed by atoms with Crippen LogP contribution in [0.15, 0.2) is 48.9 Å². The normalized spacial score (nSPS) is 11.8. The summed E-state index contributed by atoms with van der Waals surface area (Å²) in [5.74, 6) is 0.0377. The van der Waals surface area contributed by atoms with E-state index in [0.717, 1.165) is 18.5 Å². The molecule has 0 bridgehead atoms. The monoisotopic (exact) mass is 389 g/mol. The first-order chi connectivity index (χ1) is 13.4. The third-order valence-corrected chi connectivity index (χ3v) is 3.99. The van der Waals surface area contributed by atoms with Crippen LogP contribution in [-0.2, 0) is 6.18 Å². The summed E-state index contributed by atoms with van der Waals surface area (Å²) in [5.41, 5.74) is 0.230.